The van der Waals surface area contributed by atoms with Gasteiger partial charge in [-0.25, -0.2) is 13.6 Å². The van der Waals surface area contributed by atoms with Gasteiger partial charge in [0.15, 0.2) is 6.61 Å². The number of sulfonamides is 1. The van der Waals surface area contributed by atoms with Gasteiger partial charge in [-0.1, -0.05) is 28.1 Å². The maximum atomic E-state index is 11.9. The summed E-state index contributed by atoms with van der Waals surface area (Å²) in [6.07, 6.45) is 0. The Balaban J connectivity index is 1.54. The molecule has 0 saturated heterocycles. The predicted molar refractivity (Wildman–Crippen MR) is 105 cm³/mol. The van der Waals surface area contributed by atoms with Crippen molar-refractivity contribution in [2.45, 2.75) is 10.8 Å². The van der Waals surface area contributed by atoms with Crippen molar-refractivity contribution in [2.75, 3.05) is 6.61 Å². The number of nitrogens with two attached hydrogens (primary N) is 1. The van der Waals surface area contributed by atoms with Gasteiger partial charge in [0.05, 0.1) is 6.54 Å². The third kappa shape index (κ3) is 4.82. The van der Waals surface area contributed by atoms with E-state index in [9.17, 15) is 13.2 Å². The van der Waals surface area contributed by atoms with Gasteiger partial charge in [-0.2, -0.15) is 0 Å². The minimum absolute atomic E-state index is 0.0702. The third-order valence-electron chi connectivity index (χ3n) is 3.52. The number of thiophene rings is 1. The fourth-order valence-electron chi connectivity index (χ4n) is 2.28. The van der Waals surface area contributed by atoms with Crippen LogP contribution < -0.4 is 15.2 Å². The third-order valence-corrected chi connectivity index (χ3v) is 6.54. The first kappa shape index (κ1) is 18.8. The van der Waals surface area contributed by atoms with Crippen molar-refractivity contribution in [3.8, 4) is 5.75 Å². The highest BCUT2D eigenvalue weighted by Crippen LogP contribution is 2.24. The summed E-state index contributed by atoms with van der Waals surface area (Å²) in [7, 11) is -3.71. The number of carbonyl (C=O) groups is 1. The highest BCUT2D eigenvalue weighted by atomic mass is 79.9. The van der Waals surface area contributed by atoms with Crippen LogP contribution in [0.4, 0.5) is 0 Å². The van der Waals surface area contributed by atoms with Gasteiger partial charge >= 0.3 is 0 Å². The van der Waals surface area contributed by atoms with Gasteiger partial charge in [-0.05, 0) is 47.2 Å². The van der Waals surface area contributed by atoms with E-state index >= 15 is 0 Å². The number of fused-ring (bicyclic) bond motifs is 1. The molecule has 0 atom stereocenters. The molecule has 0 aliphatic heterocycles. The van der Waals surface area contributed by atoms with E-state index in [2.05, 4.69) is 21.2 Å². The zero-order valence-corrected chi connectivity index (χ0v) is 16.7. The zero-order valence-electron chi connectivity index (χ0n) is 13.4. The van der Waals surface area contributed by atoms with Gasteiger partial charge in [-0.3, -0.25) is 4.79 Å². The Kier molecular flexibility index (Phi) is 5.61. The molecule has 0 aliphatic carbocycles. The lowest BCUT2D eigenvalue weighted by molar-refractivity contribution is -0.123. The largest absolute Gasteiger partial charge is 0.484 e. The van der Waals surface area contributed by atoms with E-state index in [0.717, 1.165) is 26.6 Å². The molecule has 1 heterocycles. The molecule has 1 amide bonds. The van der Waals surface area contributed by atoms with Crippen molar-refractivity contribution in [1.29, 1.82) is 0 Å². The molecule has 26 heavy (non-hydrogen) atoms. The van der Waals surface area contributed by atoms with Gasteiger partial charge in [0.25, 0.3) is 5.91 Å². The molecule has 0 bridgehead atoms. The number of rotatable bonds is 6. The lowest BCUT2D eigenvalue weighted by atomic mass is 10.1. The van der Waals surface area contributed by atoms with Crippen LogP contribution >= 0.6 is 27.3 Å². The molecule has 0 spiro atoms. The first-order chi connectivity index (χ1) is 12.3. The SMILES string of the molecule is NS(=O)(=O)c1ccc(CNC(=O)COc2ccc3cc(Br)ccc3c2)s1. The van der Waals surface area contributed by atoms with Gasteiger partial charge in [0.2, 0.25) is 10.0 Å². The van der Waals surface area contributed by atoms with Crippen molar-refractivity contribution in [3.63, 3.8) is 0 Å². The first-order valence-electron chi connectivity index (χ1n) is 7.51. The van der Waals surface area contributed by atoms with E-state index in [1.807, 2.05) is 30.3 Å². The Morgan fingerprint density at radius 2 is 1.85 bits per heavy atom. The Labute approximate surface area is 163 Å². The molecule has 0 saturated carbocycles. The fourth-order valence-corrected chi connectivity index (χ4v) is 4.37. The van der Waals surface area contributed by atoms with Crippen molar-refractivity contribution >= 4 is 54.0 Å². The lowest BCUT2D eigenvalue weighted by Gasteiger charge is -2.08. The molecule has 136 valence electrons. The Morgan fingerprint density at radius 3 is 2.58 bits per heavy atom. The summed E-state index contributed by atoms with van der Waals surface area (Å²) in [5, 5.41) is 9.82. The molecule has 0 unspecified atom stereocenters. The van der Waals surface area contributed by atoms with Crippen molar-refractivity contribution in [2.24, 2.45) is 5.14 Å². The van der Waals surface area contributed by atoms with E-state index in [4.69, 9.17) is 9.88 Å². The maximum Gasteiger partial charge on any atom is 0.258 e. The van der Waals surface area contributed by atoms with Crippen molar-refractivity contribution in [3.05, 3.63) is 57.9 Å². The number of halogens is 1. The molecular formula is C17H15BrN2O4S2. The van der Waals surface area contributed by atoms with E-state index in [0.29, 0.717) is 10.6 Å². The molecule has 3 N–H and O–H groups in total. The summed E-state index contributed by atoms with van der Waals surface area (Å²) < 4.78 is 29.1. The van der Waals surface area contributed by atoms with Crippen LogP contribution in [0.3, 0.4) is 0 Å². The summed E-state index contributed by atoms with van der Waals surface area (Å²) in [4.78, 5) is 12.6. The summed E-state index contributed by atoms with van der Waals surface area (Å²) in [6, 6.07) is 14.5. The number of hydrogen-bond donors (Lipinski definition) is 2. The van der Waals surface area contributed by atoms with Crippen LogP contribution in [-0.4, -0.2) is 20.9 Å². The van der Waals surface area contributed by atoms with Gasteiger partial charge in [0.1, 0.15) is 9.96 Å². The summed E-state index contributed by atoms with van der Waals surface area (Å²) >= 11 is 4.45. The normalized spacial score (nSPS) is 11.5. The smallest absolute Gasteiger partial charge is 0.258 e. The van der Waals surface area contributed by atoms with E-state index in [1.54, 1.807) is 12.1 Å². The second kappa shape index (κ2) is 7.75. The van der Waals surface area contributed by atoms with Gasteiger partial charge in [0, 0.05) is 9.35 Å². The maximum absolute atomic E-state index is 11.9. The van der Waals surface area contributed by atoms with E-state index in [1.165, 1.54) is 6.07 Å². The molecular weight excluding hydrogens is 440 g/mol. The molecule has 0 aliphatic rings. The summed E-state index contributed by atoms with van der Waals surface area (Å²) in [6.45, 7) is 0.0869. The standard InChI is InChI=1S/C17H15BrN2O4S2/c18-13-3-1-12-8-14(4-2-11(12)7-13)24-10-16(21)20-9-15-5-6-17(25-15)26(19,22)23/h1-8H,9-10H2,(H,20,21)(H2,19,22,23). The topological polar surface area (TPSA) is 98.5 Å². The van der Waals surface area contributed by atoms with Crippen molar-refractivity contribution < 1.29 is 17.9 Å². The van der Waals surface area contributed by atoms with Crippen LogP contribution in [0.2, 0.25) is 0 Å². The zero-order chi connectivity index (χ0) is 18.7. The molecule has 3 aromatic rings. The second-order valence-corrected chi connectivity index (χ2v) is 9.36. The number of benzene rings is 2. The van der Waals surface area contributed by atoms with Crippen LogP contribution in [0.1, 0.15) is 4.88 Å². The number of primary sulfonamides is 1. The Hall–Kier alpha value is -1.94. The minimum Gasteiger partial charge on any atom is -0.484 e. The monoisotopic (exact) mass is 454 g/mol. The fraction of sp³-hybridized carbons (Fsp3) is 0.118. The highest BCUT2D eigenvalue weighted by molar-refractivity contribution is 9.10. The number of carbonyl (C=O) groups excluding carboxylic acids is 1. The van der Waals surface area contributed by atoms with Crippen LogP contribution in [-0.2, 0) is 21.4 Å². The van der Waals surface area contributed by atoms with Gasteiger partial charge in [-0.15, -0.1) is 11.3 Å². The van der Waals surface area contributed by atoms with Crippen LogP contribution in [0.5, 0.6) is 5.75 Å². The quantitative estimate of drug-likeness (QED) is 0.597. The highest BCUT2D eigenvalue weighted by Gasteiger charge is 2.12. The summed E-state index contributed by atoms with van der Waals surface area (Å²) in [5.41, 5.74) is 0. The minimum atomic E-state index is -3.71. The molecule has 0 radical (unpaired) electrons. The average molecular weight is 455 g/mol. The van der Waals surface area contributed by atoms with Crippen LogP contribution in [0, 0.1) is 0 Å². The van der Waals surface area contributed by atoms with Crippen molar-refractivity contribution in [1.82, 2.24) is 5.32 Å². The lowest BCUT2D eigenvalue weighted by Crippen LogP contribution is -2.28. The molecule has 6 nitrogen and oxygen atoms in total. The van der Waals surface area contributed by atoms with Gasteiger partial charge < -0.3 is 10.1 Å². The molecule has 3 rings (SSSR count). The molecule has 0 fully saturated rings. The average Bonchev–Trinajstić information content (AvgIpc) is 3.07. The Bertz CT molecular complexity index is 1060. The van der Waals surface area contributed by atoms with E-state index in [-0.39, 0.29) is 23.3 Å². The van der Waals surface area contributed by atoms with E-state index < -0.39 is 10.0 Å². The second-order valence-electron chi connectivity index (χ2n) is 5.48. The number of hydrogen-bond acceptors (Lipinski definition) is 5. The Morgan fingerprint density at radius 1 is 1.12 bits per heavy atom. The van der Waals surface area contributed by atoms with Crippen LogP contribution in [0.15, 0.2) is 57.2 Å². The van der Waals surface area contributed by atoms with Crippen LogP contribution in [0.25, 0.3) is 10.8 Å². The molecule has 1 aromatic heterocycles. The number of nitrogens with one attached hydrogen (secondary N) is 1. The molecule has 2 aromatic carbocycles. The summed E-state index contributed by atoms with van der Waals surface area (Å²) in [5.74, 6) is 0.300. The first-order valence-corrected chi connectivity index (χ1v) is 10.7. The molecule has 9 heteroatoms. The predicted octanol–water partition coefficient (Wildman–Crippen LogP) is 3.01. The number of ether oxygens (including phenoxy) is 1. The number of amides is 1.